The zero-order valence-corrected chi connectivity index (χ0v) is 18.0. The van der Waals surface area contributed by atoms with Gasteiger partial charge in [0.2, 0.25) is 0 Å². The van der Waals surface area contributed by atoms with Gasteiger partial charge in [0.25, 0.3) is 0 Å². The Balaban J connectivity index is 0.00000529. The van der Waals surface area contributed by atoms with Crippen molar-refractivity contribution in [3.8, 4) is 0 Å². The third kappa shape index (κ3) is 10.3. The van der Waals surface area contributed by atoms with Crippen molar-refractivity contribution < 1.29 is 9.47 Å². The van der Waals surface area contributed by atoms with Crippen LogP contribution in [-0.2, 0) is 16.1 Å². The molecule has 7 heteroatoms. The Labute approximate surface area is 167 Å². The zero-order valence-electron chi connectivity index (χ0n) is 14.9. The van der Waals surface area contributed by atoms with Crippen LogP contribution in [0, 0.1) is 0 Å². The molecule has 0 aliphatic carbocycles. The first kappa shape index (κ1) is 23.4. The van der Waals surface area contributed by atoms with E-state index in [1.54, 1.807) is 7.11 Å². The van der Waals surface area contributed by atoms with E-state index in [1.165, 1.54) is 0 Å². The number of methoxy groups -OCH3 is 1. The van der Waals surface area contributed by atoms with Crippen LogP contribution in [0.4, 0.5) is 0 Å². The zero-order chi connectivity index (χ0) is 17.1. The number of nitrogens with one attached hydrogen (secondary N) is 2. The lowest BCUT2D eigenvalue weighted by Gasteiger charge is -2.21. The van der Waals surface area contributed by atoms with E-state index in [1.807, 2.05) is 45.0 Å². The fraction of sp³-hybridized carbons (Fsp3) is 0.588. The fourth-order valence-corrected chi connectivity index (χ4v) is 1.81. The van der Waals surface area contributed by atoms with Crippen LogP contribution < -0.4 is 10.6 Å². The van der Waals surface area contributed by atoms with Crippen LogP contribution in [0.15, 0.2) is 29.3 Å². The first-order valence-corrected chi connectivity index (χ1v) is 8.24. The molecule has 0 atom stereocenters. The Hall–Kier alpha value is -0.570. The Morgan fingerprint density at radius 1 is 1.21 bits per heavy atom. The minimum atomic E-state index is -0.270. The number of nitrogens with zero attached hydrogens (tertiary/aromatic N) is 1. The summed E-state index contributed by atoms with van der Waals surface area (Å²) < 4.78 is 11.0. The summed E-state index contributed by atoms with van der Waals surface area (Å²) in [6.07, 6.45) is 0. The SMILES string of the molecule is CCNC(=NCC(C)(C)OC)NCCOCc1ccc(Cl)cc1.I. The van der Waals surface area contributed by atoms with Gasteiger partial charge in [-0.05, 0) is 38.5 Å². The fourth-order valence-electron chi connectivity index (χ4n) is 1.69. The standard InChI is InChI=1S/C17H28ClN3O2.HI/c1-5-19-16(21-13-17(2,3)22-4)20-10-11-23-12-14-6-8-15(18)9-7-14;/h6-9H,5,10-13H2,1-4H3,(H2,19,20,21);1H. The number of hydrogen-bond acceptors (Lipinski definition) is 3. The second-order valence-electron chi connectivity index (χ2n) is 5.76. The molecular formula is C17H29ClIN3O2. The maximum Gasteiger partial charge on any atom is 0.191 e. The summed E-state index contributed by atoms with van der Waals surface area (Å²) in [5.41, 5.74) is 0.838. The van der Waals surface area contributed by atoms with Gasteiger partial charge in [0.15, 0.2) is 5.96 Å². The number of ether oxygens (including phenoxy) is 2. The molecule has 0 aliphatic heterocycles. The lowest BCUT2D eigenvalue weighted by atomic mass is 10.1. The van der Waals surface area contributed by atoms with Crippen LogP contribution in [-0.4, -0.2) is 44.9 Å². The van der Waals surface area contributed by atoms with Crippen molar-refractivity contribution in [1.29, 1.82) is 0 Å². The highest BCUT2D eigenvalue weighted by molar-refractivity contribution is 14.0. The van der Waals surface area contributed by atoms with Gasteiger partial charge < -0.3 is 20.1 Å². The molecule has 2 N–H and O–H groups in total. The maximum absolute atomic E-state index is 5.85. The highest BCUT2D eigenvalue weighted by Gasteiger charge is 2.15. The van der Waals surface area contributed by atoms with Crippen molar-refractivity contribution in [2.24, 2.45) is 4.99 Å². The van der Waals surface area contributed by atoms with Crippen molar-refractivity contribution in [3.63, 3.8) is 0 Å². The molecular weight excluding hydrogens is 441 g/mol. The molecule has 0 unspecified atom stereocenters. The molecule has 0 saturated heterocycles. The summed E-state index contributed by atoms with van der Waals surface area (Å²) in [6, 6.07) is 7.67. The van der Waals surface area contributed by atoms with Gasteiger partial charge >= 0.3 is 0 Å². The molecule has 1 aromatic rings. The van der Waals surface area contributed by atoms with E-state index in [0.29, 0.717) is 26.3 Å². The van der Waals surface area contributed by atoms with Gasteiger partial charge in [0, 0.05) is 25.2 Å². The number of halogens is 2. The van der Waals surface area contributed by atoms with Crippen LogP contribution in [0.3, 0.4) is 0 Å². The quantitative estimate of drug-likeness (QED) is 0.252. The van der Waals surface area contributed by atoms with Crippen molar-refractivity contribution in [2.75, 3.05) is 33.4 Å². The minimum Gasteiger partial charge on any atom is -0.377 e. The summed E-state index contributed by atoms with van der Waals surface area (Å²) in [5.74, 6) is 0.771. The number of aliphatic imine (C=N–C) groups is 1. The van der Waals surface area contributed by atoms with Gasteiger partial charge in [-0.2, -0.15) is 0 Å². The van der Waals surface area contributed by atoms with Crippen LogP contribution >= 0.6 is 35.6 Å². The summed E-state index contributed by atoms with van der Waals surface area (Å²) in [6.45, 7) is 9.31. The molecule has 0 amide bonds. The average Bonchev–Trinajstić information content (AvgIpc) is 2.54. The first-order chi connectivity index (χ1) is 11.0. The van der Waals surface area contributed by atoms with Crippen molar-refractivity contribution in [3.05, 3.63) is 34.9 Å². The second-order valence-corrected chi connectivity index (χ2v) is 6.20. The predicted octanol–water partition coefficient (Wildman–Crippen LogP) is 3.45. The Kier molecular flexibility index (Phi) is 12.4. The highest BCUT2D eigenvalue weighted by Crippen LogP contribution is 2.10. The molecule has 1 rings (SSSR count). The summed E-state index contributed by atoms with van der Waals surface area (Å²) in [4.78, 5) is 4.52. The van der Waals surface area contributed by atoms with Gasteiger partial charge in [-0.1, -0.05) is 23.7 Å². The third-order valence-corrected chi connectivity index (χ3v) is 3.49. The predicted molar refractivity (Wildman–Crippen MR) is 112 cm³/mol. The molecule has 0 spiro atoms. The summed E-state index contributed by atoms with van der Waals surface area (Å²) >= 11 is 5.85. The molecule has 0 aromatic heterocycles. The number of benzene rings is 1. The van der Waals surface area contributed by atoms with Crippen molar-refractivity contribution in [2.45, 2.75) is 33.0 Å². The van der Waals surface area contributed by atoms with Crippen molar-refractivity contribution in [1.82, 2.24) is 10.6 Å². The van der Waals surface area contributed by atoms with Crippen molar-refractivity contribution >= 4 is 41.5 Å². The monoisotopic (exact) mass is 469 g/mol. The largest absolute Gasteiger partial charge is 0.377 e. The number of guanidine groups is 1. The van der Waals surface area contributed by atoms with Gasteiger partial charge in [-0.3, -0.25) is 4.99 Å². The molecule has 138 valence electrons. The number of hydrogen-bond donors (Lipinski definition) is 2. The minimum absolute atomic E-state index is 0. The molecule has 0 fully saturated rings. The summed E-state index contributed by atoms with van der Waals surface area (Å²) in [5, 5.41) is 7.19. The van der Waals surface area contributed by atoms with E-state index in [-0.39, 0.29) is 29.6 Å². The summed E-state index contributed by atoms with van der Waals surface area (Å²) in [7, 11) is 1.69. The molecule has 0 aliphatic rings. The van der Waals surface area contributed by atoms with E-state index in [4.69, 9.17) is 21.1 Å². The van der Waals surface area contributed by atoms with E-state index in [0.717, 1.165) is 23.1 Å². The molecule has 0 bridgehead atoms. The van der Waals surface area contributed by atoms with E-state index in [9.17, 15) is 0 Å². The lowest BCUT2D eigenvalue weighted by Crippen LogP contribution is -2.40. The second kappa shape index (κ2) is 12.7. The van der Waals surface area contributed by atoms with Gasteiger partial charge in [-0.25, -0.2) is 0 Å². The van der Waals surface area contributed by atoms with Crippen LogP contribution in [0.25, 0.3) is 0 Å². The first-order valence-electron chi connectivity index (χ1n) is 7.86. The van der Waals surface area contributed by atoms with E-state index >= 15 is 0 Å². The maximum atomic E-state index is 5.85. The van der Waals surface area contributed by atoms with Gasteiger partial charge in [0.05, 0.1) is 25.4 Å². The van der Waals surface area contributed by atoms with Gasteiger partial charge in [-0.15, -0.1) is 24.0 Å². The topological polar surface area (TPSA) is 54.9 Å². The van der Waals surface area contributed by atoms with Gasteiger partial charge in [0.1, 0.15) is 0 Å². The smallest absolute Gasteiger partial charge is 0.191 e. The normalized spacial score (nSPS) is 11.8. The molecule has 24 heavy (non-hydrogen) atoms. The highest BCUT2D eigenvalue weighted by atomic mass is 127. The average molecular weight is 470 g/mol. The van der Waals surface area contributed by atoms with Crippen LogP contribution in [0.2, 0.25) is 5.02 Å². The molecule has 0 radical (unpaired) electrons. The third-order valence-electron chi connectivity index (χ3n) is 3.24. The molecule has 1 aromatic carbocycles. The Morgan fingerprint density at radius 3 is 2.46 bits per heavy atom. The van der Waals surface area contributed by atoms with E-state index in [2.05, 4.69) is 15.6 Å². The van der Waals surface area contributed by atoms with Crippen LogP contribution in [0.1, 0.15) is 26.3 Å². The Bertz CT molecular complexity index is 481. The van der Waals surface area contributed by atoms with Crippen LogP contribution in [0.5, 0.6) is 0 Å². The number of rotatable bonds is 9. The molecule has 0 heterocycles. The lowest BCUT2D eigenvalue weighted by molar-refractivity contribution is 0.0310. The molecule has 5 nitrogen and oxygen atoms in total. The Morgan fingerprint density at radius 2 is 1.88 bits per heavy atom. The van der Waals surface area contributed by atoms with E-state index < -0.39 is 0 Å². The molecule has 0 saturated carbocycles.